The first-order chi connectivity index (χ1) is 66.1. The Hall–Kier alpha value is -10.4. The van der Waals surface area contributed by atoms with Gasteiger partial charge >= 0.3 is 0 Å². The van der Waals surface area contributed by atoms with E-state index in [2.05, 4.69) is 387 Å². The molecule has 16 aromatic rings. The molecule has 0 amide bonds. The Labute approximate surface area is 825 Å². The van der Waals surface area contributed by atoms with Gasteiger partial charge in [-0.1, -0.05) is 307 Å². The van der Waals surface area contributed by atoms with Crippen molar-refractivity contribution in [3.05, 3.63) is 329 Å². The summed E-state index contributed by atoms with van der Waals surface area (Å²) >= 11 is 0. The summed E-state index contributed by atoms with van der Waals surface area (Å²) in [5, 5.41) is 11.4. The van der Waals surface area contributed by atoms with Crippen LogP contribution in [0.2, 0.25) is 0 Å². The van der Waals surface area contributed by atoms with E-state index >= 15 is 0 Å². The molecule has 10 heteroatoms. The van der Waals surface area contributed by atoms with Crippen molar-refractivity contribution in [3.63, 3.8) is 0 Å². The minimum Gasteiger partial charge on any atom is -0.341 e. The average Bonchev–Trinajstić information content (AvgIpc) is 1.56. The second-order valence-electron chi connectivity index (χ2n) is 35.4. The Balaban J connectivity index is 0.000000228. The van der Waals surface area contributed by atoms with Crippen LogP contribution in [0, 0.1) is 13.8 Å². The number of aromatic nitrogens is 4. The van der Waals surface area contributed by atoms with Gasteiger partial charge in [0.25, 0.3) is 0 Å². The van der Waals surface area contributed by atoms with Crippen LogP contribution < -0.4 is 0 Å². The third-order valence-electron chi connectivity index (χ3n) is 26.5. The molecule has 4 aliphatic carbocycles. The Morgan fingerprint density at radius 3 is 0.816 bits per heavy atom. The zero-order valence-electron chi connectivity index (χ0n) is 92.0. The molecule has 12 aromatic carbocycles. The van der Waals surface area contributed by atoms with Crippen molar-refractivity contribution < 1.29 is 0 Å². The number of fused-ring (bicyclic) bond motifs is 24. The van der Waals surface area contributed by atoms with Crippen LogP contribution in [0.1, 0.15) is 282 Å². The van der Waals surface area contributed by atoms with Crippen LogP contribution in [-0.2, 0) is 104 Å². The summed E-state index contributed by atoms with van der Waals surface area (Å²) < 4.78 is 10.2. The summed E-state index contributed by atoms with van der Waals surface area (Å²) in [5.74, 6) is 0. The molecule has 0 saturated heterocycles. The molecular weight excluding hydrogens is 1650 g/mol. The molecule has 4 aromatic heterocycles. The molecule has 136 heavy (non-hydrogen) atoms. The van der Waals surface area contributed by atoms with E-state index in [1.165, 1.54) is 176 Å². The number of hydrogen-bond acceptors (Lipinski definition) is 6. The third-order valence-corrected chi connectivity index (χ3v) is 26.5. The van der Waals surface area contributed by atoms with Gasteiger partial charge in [-0.3, -0.25) is 9.80 Å². The molecule has 0 saturated carbocycles. The molecule has 0 radical (unpaired) electrons. The van der Waals surface area contributed by atoms with E-state index in [0.717, 1.165) is 104 Å². The zero-order chi connectivity index (χ0) is 101. The fourth-order valence-corrected chi connectivity index (χ4v) is 20.8. The molecule has 0 aliphatic heterocycles. The maximum atomic E-state index is 2.57. The van der Waals surface area contributed by atoms with Crippen LogP contribution in [-0.4, -0.2) is 138 Å². The lowest BCUT2D eigenvalue weighted by Crippen LogP contribution is -2.37. The summed E-state index contributed by atoms with van der Waals surface area (Å²) in [7, 11) is 25.8. The maximum absolute atomic E-state index is 2.57. The van der Waals surface area contributed by atoms with Crippen molar-refractivity contribution in [3.8, 4) is 0 Å². The van der Waals surface area contributed by atoms with Gasteiger partial charge in [0.2, 0.25) is 0 Å². The monoisotopic (exact) mass is 1830 g/mol. The summed E-state index contributed by atoms with van der Waals surface area (Å²) in [6.45, 7) is 59.9. The van der Waals surface area contributed by atoms with E-state index in [4.69, 9.17) is 0 Å². The predicted molar refractivity (Wildman–Crippen MR) is 607 cm³/mol. The van der Waals surface area contributed by atoms with Gasteiger partial charge in [-0.15, -0.1) is 0 Å². The fraction of sp³-hybridized carbons (Fsp3) is 0.429. The number of aryl methyl sites for hydroxylation is 5. The van der Waals surface area contributed by atoms with Crippen molar-refractivity contribution in [1.82, 2.24) is 47.7 Å². The standard InChI is InChI=1S/C28H33N3.2C26H28N2.C22H19N.C6H16N2.9C2H6/c1-6-31-26-14-10-9-13-21(26)27-25(18-30(4)5)24(17-29(2)3)22-15-19-11-7-8-12-20(19)16-23(22)28(27)31;1-5-28-24-13-9-8-12-20(24)25-17(2)23(16-27(3)4)21-14-18-10-6-7-11-19(18)15-22(21)26(25)28;1-5-28-24-13-9-8-12-20(24)25-23(16-27(3)4)17(2)21-14-18-10-6-7-11-19(18)15-22(21)26(25)28;1-2-23-21-10-6-5-9-18(21)19-12-11-17-13-15-7-3-4-8-16(15)14-20(17)22(19)23;1-6(7(2)3)8(4)5;9*1-2/h7-14H,6,15-18H2,1-5H3;2*6-13H,5,14-16H2,1-4H3;3-12H,2,13-14H2,1H3;6H,1-5H3;9*1-2H3. The highest BCUT2D eigenvalue weighted by atomic mass is 15.3. The van der Waals surface area contributed by atoms with E-state index in [9.17, 15) is 0 Å². The SMILES string of the molecule is CC.CC.CC.CC.CC.CC.CC.CC.CC.CC(N(C)C)N(C)C.CCn1c2ccccc2c2c(C)c(CN(C)C)c3c(c21)Cc1ccccc1C3.CCn1c2ccccc2c2c(CN(C)C)c(C)c3c(c21)Cc1ccccc1C3.CCn1c2ccccc2c2c(CN(C)C)c(CN(C)C)c3c(c21)Cc1ccccc1C3.CCn1c2ccccc2c2ccc3c(c21)Cc1ccccc1C3. The van der Waals surface area contributed by atoms with E-state index in [-0.39, 0.29) is 0 Å². The Kier molecular flexibility index (Phi) is 45.3. The number of hydrogen-bond donors (Lipinski definition) is 0. The third kappa shape index (κ3) is 23.9. The number of nitrogens with zero attached hydrogens (tertiary/aromatic N) is 10. The molecule has 732 valence electrons. The molecule has 0 bridgehead atoms. The Morgan fingerprint density at radius 1 is 0.221 bits per heavy atom. The van der Waals surface area contributed by atoms with Crippen molar-refractivity contribution >= 4 is 87.2 Å². The van der Waals surface area contributed by atoms with Gasteiger partial charge in [0, 0.05) is 143 Å². The second kappa shape index (κ2) is 54.7. The molecule has 0 atom stereocenters. The van der Waals surface area contributed by atoms with Gasteiger partial charge in [-0.25, -0.2) is 0 Å². The average molecular weight is 1830 g/mol. The van der Waals surface area contributed by atoms with Crippen LogP contribution in [0.3, 0.4) is 0 Å². The number of para-hydroxylation sites is 4. The maximum Gasteiger partial charge on any atom is 0.0583 e. The van der Waals surface area contributed by atoms with Crippen LogP contribution in [0.5, 0.6) is 0 Å². The molecule has 0 N–H and O–H groups in total. The molecule has 0 spiro atoms. The minimum atomic E-state index is 0.537. The smallest absolute Gasteiger partial charge is 0.0583 e. The van der Waals surface area contributed by atoms with E-state index in [1.807, 2.05) is 125 Å². The fourth-order valence-electron chi connectivity index (χ4n) is 20.8. The normalized spacial score (nSPS) is 11.9. The van der Waals surface area contributed by atoms with E-state index < -0.39 is 0 Å². The molecule has 10 nitrogen and oxygen atoms in total. The van der Waals surface area contributed by atoms with Gasteiger partial charge < -0.3 is 37.9 Å². The lowest BCUT2D eigenvalue weighted by Gasteiger charge is -2.29. The Morgan fingerprint density at radius 2 is 0.471 bits per heavy atom. The van der Waals surface area contributed by atoms with Crippen LogP contribution in [0.25, 0.3) is 87.2 Å². The zero-order valence-corrected chi connectivity index (χ0v) is 92.0. The highest BCUT2D eigenvalue weighted by molar-refractivity contribution is 6.15. The number of benzene rings is 12. The Bertz CT molecular complexity index is 6450. The molecular formula is C126H178N10. The van der Waals surface area contributed by atoms with Crippen molar-refractivity contribution in [2.45, 2.75) is 283 Å². The number of rotatable bonds is 14. The molecule has 20 rings (SSSR count). The lowest BCUT2D eigenvalue weighted by molar-refractivity contribution is 0.147. The summed E-state index contributed by atoms with van der Waals surface area (Å²) in [6, 6.07) is 76.3. The second-order valence-corrected chi connectivity index (χ2v) is 35.4. The molecule has 0 fully saturated rings. The summed E-state index contributed by atoms with van der Waals surface area (Å²) in [6.07, 6.45) is 8.91. The quantitative estimate of drug-likeness (QED) is 0.101. The van der Waals surface area contributed by atoms with Crippen molar-refractivity contribution in [2.75, 3.05) is 84.6 Å². The first kappa shape index (κ1) is 113. The highest BCUT2D eigenvalue weighted by Gasteiger charge is 2.32. The highest BCUT2D eigenvalue weighted by Crippen LogP contribution is 2.48. The van der Waals surface area contributed by atoms with Crippen LogP contribution in [0.4, 0.5) is 0 Å². The predicted octanol–water partition coefficient (Wildman–Crippen LogP) is 31.8. The van der Waals surface area contributed by atoms with Gasteiger partial charge in [-0.2, -0.15) is 0 Å². The molecule has 4 heterocycles. The first-order valence-electron chi connectivity index (χ1n) is 52.5. The molecule has 0 unspecified atom stereocenters. The van der Waals surface area contributed by atoms with Crippen LogP contribution >= 0.6 is 0 Å². The van der Waals surface area contributed by atoms with E-state index in [0.29, 0.717) is 6.17 Å². The molecule has 4 aliphatic rings. The van der Waals surface area contributed by atoms with Crippen molar-refractivity contribution in [1.29, 1.82) is 0 Å². The van der Waals surface area contributed by atoms with Gasteiger partial charge in [0.1, 0.15) is 0 Å². The first-order valence-corrected chi connectivity index (χ1v) is 52.5. The largest absolute Gasteiger partial charge is 0.341 e. The van der Waals surface area contributed by atoms with Gasteiger partial charge in [0.15, 0.2) is 0 Å². The summed E-state index contributed by atoms with van der Waals surface area (Å²) in [5.41, 5.74) is 44.6. The topological polar surface area (TPSA) is 39.2 Å². The van der Waals surface area contributed by atoms with Crippen molar-refractivity contribution in [2.24, 2.45) is 0 Å². The lowest BCUT2D eigenvalue weighted by atomic mass is 9.80. The van der Waals surface area contributed by atoms with Crippen LogP contribution in [0.15, 0.2) is 206 Å². The van der Waals surface area contributed by atoms with Gasteiger partial charge in [-0.05, 0) is 305 Å². The summed E-state index contributed by atoms with van der Waals surface area (Å²) in [4.78, 5) is 13.6. The van der Waals surface area contributed by atoms with E-state index in [1.54, 1.807) is 33.4 Å². The van der Waals surface area contributed by atoms with Gasteiger partial charge in [0.05, 0.1) is 28.2 Å². The minimum absolute atomic E-state index is 0.537.